The Hall–Kier alpha value is -0.570. The van der Waals surface area contributed by atoms with Gasteiger partial charge in [0.2, 0.25) is 0 Å². The van der Waals surface area contributed by atoms with Crippen molar-refractivity contribution in [1.29, 1.82) is 0 Å². The zero-order chi connectivity index (χ0) is 9.19. The first-order chi connectivity index (χ1) is 5.53. The molecule has 0 spiro atoms. The number of ether oxygens (including phenoxy) is 1. The molecule has 1 fully saturated rings. The maximum absolute atomic E-state index is 11.0. The summed E-state index contributed by atoms with van der Waals surface area (Å²) in [6, 6.07) is 0. The third kappa shape index (κ3) is 2.21. The molecule has 0 aliphatic heterocycles. The summed E-state index contributed by atoms with van der Waals surface area (Å²) < 4.78 is 5.17. The van der Waals surface area contributed by atoms with E-state index in [1.807, 2.05) is 6.92 Å². The number of hydrogen-bond acceptors (Lipinski definition) is 3. The summed E-state index contributed by atoms with van der Waals surface area (Å²) in [6.07, 6.45) is 3.08. The van der Waals surface area contributed by atoms with E-state index in [9.17, 15) is 4.79 Å². The molecule has 12 heavy (non-hydrogen) atoms. The lowest BCUT2D eigenvalue weighted by atomic mass is 10.1. The fraction of sp³-hybridized carbons (Fsp3) is 0.889. The number of aliphatic hydroxyl groups is 1. The minimum atomic E-state index is -0.998. The highest BCUT2D eigenvalue weighted by Gasteiger charge is 2.33. The maximum Gasteiger partial charge on any atom is 0.335 e. The minimum absolute atomic E-state index is 0.311. The van der Waals surface area contributed by atoms with Gasteiger partial charge in [-0.1, -0.05) is 0 Å². The number of hydrogen-bond donors (Lipinski definition) is 1. The van der Waals surface area contributed by atoms with Gasteiger partial charge in [0.1, 0.15) is 11.7 Å². The standard InChI is InChI=1S/C9H16O3/c1-7(10)8(11)12-9(2)5-3-4-6-9/h7,10H,3-6H2,1-2H3. The summed E-state index contributed by atoms with van der Waals surface area (Å²) in [7, 11) is 0. The van der Waals surface area contributed by atoms with Gasteiger partial charge in [-0.05, 0) is 39.5 Å². The van der Waals surface area contributed by atoms with Gasteiger partial charge < -0.3 is 9.84 Å². The summed E-state index contributed by atoms with van der Waals surface area (Å²) in [5.41, 5.74) is -0.311. The minimum Gasteiger partial charge on any atom is -0.457 e. The lowest BCUT2D eigenvalue weighted by Crippen LogP contribution is -2.32. The molecule has 0 aromatic heterocycles. The van der Waals surface area contributed by atoms with Crippen LogP contribution in [-0.2, 0) is 9.53 Å². The van der Waals surface area contributed by atoms with Crippen molar-refractivity contribution in [3.63, 3.8) is 0 Å². The number of esters is 1. The lowest BCUT2D eigenvalue weighted by Gasteiger charge is -2.24. The molecule has 1 saturated carbocycles. The molecule has 0 bridgehead atoms. The fourth-order valence-corrected chi connectivity index (χ4v) is 1.55. The van der Waals surface area contributed by atoms with Crippen LogP contribution in [0.25, 0.3) is 0 Å². The van der Waals surface area contributed by atoms with Crippen molar-refractivity contribution in [2.45, 2.75) is 51.2 Å². The summed E-state index contributed by atoms with van der Waals surface area (Å²) in [4.78, 5) is 11.0. The Morgan fingerprint density at radius 3 is 2.42 bits per heavy atom. The highest BCUT2D eigenvalue weighted by molar-refractivity contribution is 5.74. The second-order valence-electron chi connectivity index (χ2n) is 3.75. The van der Waals surface area contributed by atoms with Gasteiger partial charge in [0.15, 0.2) is 0 Å². The van der Waals surface area contributed by atoms with Crippen molar-refractivity contribution >= 4 is 5.97 Å². The van der Waals surface area contributed by atoms with Gasteiger partial charge in [0, 0.05) is 0 Å². The van der Waals surface area contributed by atoms with Gasteiger partial charge in [-0.3, -0.25) is 0 Å². The fourth-order valence-electron chi connectivity index (χ4n) is 1.55. The molecule has 1 aliphatic rings. The van der Waals surface area contributed by atoms with Crippen LogP contribution in [0.3, 0.4) is 0 Å². The largest absolute Gasteiger partial charge is 0.457 e. The van der Waals surface area contributed by atoms with Crippen molar-refractivity contribution in [2.75, 3.05) is 0 Å². The average molecular weight is 172 g/mol. The quantitative estimate of drug-likeness (QED) is 0.637. The van der Waals surface area contributed by atoms with Gasteiger partial charge in [0.05, 0.1) is 0 Å². The Kier molecular flexibility index (Phi) is 2.73. The molecule has 0 heterocycles. The molecule has 1 N–H and O–H groups in total. The molecule has 3 heteroatoms. The lowest BCUT2D eigenvalue weighted by molar-refractivity contribution is -0.166. The van der Waals surface area contributed by atoms with Crippen molar-refractivity contribution in [1.82, 2.24) is 0 Å². The molecule has 1 atom stereocenters. The maximum atomic E-state index is 11.0. The van der Waals surface area contributed by atoms with Gasteiger partial charge >= 0.3 is 5.97 Å². The third-order valence-electron chi connectivity index (χ3n) is 2.35. The predicted molar refractivity (Wildman–Crippen MR) is 44.6 cm³/mol. The molecular weight excluding hydrogens is 156 g/mol. The first-order valence-corrected chi connectivity index (χ1v) is 4.44. The Labute approximate surface area is 72.7 Å². The summed E-state index contributed by atoms with van der Waals surface area (Å²) in [5, 5.41) is 8.92. The zero-order valence-corrected chi connectivity index (χ0v) is 7.67. The van der Waals surface area contributed by atoms with Crippen molar-refractivity contribution in [3.05, 3.63) is 0 Å². The van der Waals surface area contributed by atoms with E-state index in [1.54, 1.807) is 0 Å². The number of carbonyl (C=O) groups excluding carboxylic acids is 1. The van der Waals surface area contributed by atoms with Gasteiger partial charge in [-0.15, -0.1) is 0 Å². The van der Waals surface area contributed by atoms with Crippen LogP contribution >= 0.6 is 0 Å². The Morgan fingerprint density at radius 1 is 1.50 bits per heavy atom. The zero-order valence-electron chi connectivity index (χ0n) is 7.67. The molecule has 1 rings (SSSR count). The smallest absolute Gasteiger partial charge is 0.335 e. The molecule has 0 amide bonds. The highest BCUT2D eigenvalue weighted by Crippen LogP contribution is 2.32. The van der Waals surface area contributed by atoms with E-state index in [-0.39, 0.29) is 5.60 Å². The molecule has 0 aromatic rings. The van der Waals surface area contributed by atoms with E-state index in [0.29, 0.717) is 0 Å². The van der Waals surface area contributed by atoms with E-state index in [1.165, 1.54) is 6.92 Å². The van der Waals surface area contributed by atoms with Crippen molar-refractivity contribution in [3.8, 4) is 0 Å². The topological polar surface area (TPSA) is 46.5 Å². The Balaban J connectivity index is 2.44. The van der Waals surface area contributed by atoms with Crippen molar-refractivity contribution < 1.29 is 14.6 Å². The summed E-state index contributed by atoms with van der Waals surface area (Å²) in [5.74, 6) is -0.501. The van der Waals surface area contributed by atoms with Crippen molar-refractivity contribution in [2.24, 2.45) is 0 Å². The normalized spacial score (nSPS) is 23.6. The van der Waals surface area contributed by atoms with Crippen LogP contribution in [0.4, 0.5) is 0 Å². The molecule has 0 radical (unpaired) electrons. The molecule has 0 saturated heterocycles. The summed E-state index contributed by atoms with van der Waals surface area (Å²) >= 11 is 0. The molecule has 70 valence electrons. The first-order valence-electron chi connectivity index (χ1n) is 4.44. The van der Waals surface area contributed by atoms with Crippen LogP contribution in [0.5, 0.6) is 0 Å². The van der Waals surface area contributed by atoms with E-state index < -0.39 is 12.1 Å². The highest BCUT2D eigenvalue weighted by atomic mass is 16.6. The van der Waals surface area contributed by atoms with Gasteiger partial charge in [-0.2, -0.15) is 0 Å². The monoisotopic (exact) mass is 172 g/mol. The SMILES string of the molecule is CC(O)C(=O)OC1(C)CCCC1. The first kappa shape index (κ1) is 9.52. The molecule has 1 aliphatic carbocycles. The summed E-state index contributed by atoms with van der Waals surface area (Å²) in [6.45, 7) is 3.36. The van der Waals surface area contributed by atoms with E-state index >= 15 is 0 Å². The second kappa shape index (κ2) is 3.44. The molecular formula is C9H16O3. The molecule has 0 aromatic carbocycles. The average Bonchev–Trinajstić information content (AvgIpc) is 2.35. The number of aliphatic hydroxyl groups excluding tert-OH is 1. The number of carbonyl (C=O) groups is 1. The number of rotatable bonds is 2. The van der Waals surface area contributed by atoms with Crippen LogP contribution in [0.1, 0.15) is 39.5 Å². The van der Waals surface area contributed by atoms with Gasteiger partial charge in [-0.25, -0.2) is 4.79 Å². The van der Waals surface area contributed by atoms with Crippen LogP contribution in [-0.4, -0.2) is 22.8 Å². The van der Waals surface area contributed by atoms with Crippen LogP contribution in [0.15, 0.2) is 0 Å². The Morgan fingerprint density at radius 2 is 2.00 bits per heavy atom. The van der Waals surface area contributed by atoms with Crippen LogP contribution in [0, 0.1) is 0 Å². The van der Waals surface area contributed by atoms with E-state index in [0.717, 1.165) is 25.7 Å². The van der Waals surface area contributed by atoms with E-state index in [4.69, 9.17) is 9.84 Å². The third-order valence-corrected chi connectivity index (χ3v) is 2.35. The molecule has 1 unspecified atom stereocenters. The predicted octanol–water partition coefficient (Wildman–Crippen LogP) is 1.24. The molecule has 3 nitrogen and oxygen atoms in total. The Bertz CT molecular complexity index is 169. The van der Waals surface area contributed by atoms with Crippen LogP contribution in [0.2, 0.25) is 0 Å². The van der Waals surface area contributed by atoms with Gasteiger partial charge in [0.25, 0.3) is 0 Å². The second-order valence-corrected chi connectivity index (χ2v) is 3.75. The van der Waals surface area contributed by atoms with Crippen LogP contribution < -0.4 is 0 Å². The van der Waals surface area contributed by atoms with E-state index in [2.05, 4.69) is 0 Å².